The summed E-state index contributed by atoms with van der Waals surface area (Å²) in [6.07, 6.45) is 1.96. The van der Waals surface area contributed by atoms with Crippen molar-refractivity contribution in [2.24, 2.45) is 5.84 Å². The highest BCUT2D eigenvalue weighted by Gasteiger charge is 2.19. The average molecular weight is 292 g/mol. The number of ether oxygens (including phenoxy) is 1. The van der Waals surface area contributed by atoms with Gasteiger partial charge in [-0.05, 0) is 42.6 Å². The molecule has 1 atom stereocenters. The number of nitrogens with two attached hydrogens (primary N) is 1. The van der Waals surface area contributed by atoms with E-state index >= 15 is 0 Å². The summed E-state index contributed by atoms with van der Waals surface area (Å²) in [4.78, 5) is 1.08. The number of hydrazine groups is 1. The van der Waals surface area contributed by atoms with Crippen molar-refractivity contribution in [2.45, 2.75) is 32.7 Å². The maximum absolute atomic E-state index is 5.73. The van der Waals surface area contributed by atoms with Crippen LogP contribution in [-0.2, 0) is 6.42 Å². The Balaban J connectivity index is 2.24. The number of aryl methyl sites for hydroxylation is 1. The minimum atomic E-state index is -0.0766. The number of aromatic nitrogens is 2. The van der Waals surface area contributed by atoms with Crippen molar-refractivity contribution in [2.75, 3.05) is 6.61 Å². The van der Waals surface area contributed by atoms with E-state index in [9.17, 15) is 0 Å². The molecule has 5 nitrogen and oxygen atoms in total. The predicted molar refractivity (Wildman–Crippen MR) is 80.7 cm³/mol. The number of hydrogen-bond acceptors (Lipinski definition) is 6. The first-order valence-electron chi connectivity index (χ1n) is 6.80. The van der Waals surface area contributed by atoms with Gasteiger partial charge in [-0.1, -0.05) is 30.0 Å². The molecule has 0 saturated heterocycles. The van der Waals surface area contributed by atoms with Crippen molar-refractivity contribution in [3.63, 3.8) is 0 Å². The topological polar surface area (TPSA) is 73.1 Å². The van der Waals surface area contributed by atoms with Gasteiger partial charge in [0.15, 0.2) is 0 Å². The maximum Gasteiger partial charge on any atom is 0.119 e. The van der Waals surface area contributed by atoms with Gasteiger partial charge in [0.1, 0.15) is 5.75 Å². The third-order valence-corrected chi connectivity index (χ3v) is 3.86. The Kier molecular flexibility index (Phi) is 5.46. The molecule has 0 radical (unpaired) electrons. The first kappa shape index (κ1) is 14.9. The fourth-order valence-corrected chi connectivity index (χ4v) is 2.88. The van der Waals surface area contributed by atoms with Crippen molar-refractivity contribution in [1.82, 2.24) is 15.0 Å². The minimum Gasteiger partial charge on any atom is -0.494 e. The molecule has 0 bridgehead atoms. The van der Waals surface area contributed by atoms with Gasteiger partial charge in [0.05, 0.1) is 23.2 Å². The van der Waals surface area contributed by atoms with Gasteiger partial charge in [-0.3, -0.25) is 5.84 Å². The second-order valence-corrected chi connectivity index (χ2v) is 5.22. The molecule has 2 aromatic rings. The molecule has 0 aliphatic carbocycles. The highest BCUT2D eigenvalue weighted by Crippen LogP contribution is 2.28. The Morgan fingerprint density at radius 3 is 2.65 bits per heavy atom. The summed E-state index contributed by atoms with van der Waals surface area (Å²) in [7, 11) is 0. The fraction of sp³-hybridized carbons (Fsp3) is 0.429. The summed E-state index contributed by atoms with van der Waals surface area (Å²) in [5.41, 5.74) is 4.97. The normalized spacial score (nSPS) is 12.3. The number of nitrogens with one attached hydrogen (secondary N) is 1. The molecule has 3 N–H and O–H groups in total. The molecule has 6 heteroatoms. The second kappa shape index (κ2) is 7.33. The molecule has 20 heavy (non-hydrogen) atoms. The van der Waals surface area contributed by atoms with E-state index < -0.39 is 0 Å². The highest BCUT2D eigenvalue weighted by molar-refractivity contribution is 7.05. The van der Waals surface area contributed by atoms with Gasteiger partial charge in [-0.25, -0.2) is 5.43 Å². The zero-order valence-electron chi connectivity index (χ0n) is 11.8. The zero-order chi connectivity index (χ0) is 14.4. The van der Waals surface area contributed by atoms with E-state index in [2.05, 4.69) is 21.9 Å². The van der Waals surface area contributed by atoms with Crippen LogP contribution in [0.15, 0.2) is 24.3 Å². The van der Waals surface area contributed by atoms with Crippen LogP contribution < -0.4 is 16.0 Å². The Morgan fingerprint density at radius 2 is 2.05 bits per heavy atom. The highest BCUT2D eigenvalue weighted by atomic mass is 32.1. The number of benzene rings is 1. The van der Waals surface area contributed by atoms with Gasteiger partial charge in [0.25, 0.3) is 0 Å². The number of hydrogen-bond donors (Lipinski definition) is 2. The molecule has 0 fully saturated rings. The Morgan fingerprint density at radius 1 is 1.30 bits per heavy atom. The first-order valence-corrected chi connectivity index (χ1v) is 7.57. The van der Waals surface area contributed by atoms with Crippen molar-refractivity contribution in [3.05, 3.63) is 40.4 Å². The van der Waals surface area contributed by atoms with Gasteiger partial charge < -0.3 is 4.74 Å². The smallest absolute Gasteiger partial charge is 0.119 e. The zero-order valence-corrected chi connectivity index (χ0v) is 12.6. The van der Waals surface area contributed by atoms with Crippen molar-refractivity contribution < 1.29 is 4.74 Å². The predicted octanol–water partition coefficient (Wildman–Crippen LogP) is 2.44. The Hall–Kier alpha value is -1.50. The first-order chi connectivity index (χ1) is 9.80. The molecule has 0 aliphatic heterocycles. The van der Waals surface area contributed by atoms with Gasteiger partial charge in [0.2, 0.25) is 0 Å². The van der Waals surface area contributed by atoms with Crippen LogP contribution in [-0.4, -0.2) is 16.2 Å². The summed E-state index contributed by atoms with van der Waals surface area (Å²) < 4.78 is 9.51. The Labute approximate surface area is 123 Å². The molecule has 108 valence electrons. The lowest BCUT2D eigenvalue weighted by Gasteiger charge is -2.16. The average Bonchev–Trinajstić information content (AvgIpc) is 2.91. The van der Waals surface area contributed by atoms with E-state index in [1.807, 2.05) is 31.2 Å². The molecule has 2 rings (SSSR count). The van der Waals surface area contributed by atoms with Crippen LogP contribution in [0.4, 0.5) is 0 Å². The molecule has 1 unspecified atom stereocenters. The van der Waals surface area contributed by atoms with Gasteiger partial charge >= 0.3 is 0 Å². The maximum atomic E-state index is 5.73. The molecule has 1 aromatic carbocycles. The molecular weight excluding hydrogens is 272 g/mol. The standard InChI is InChI=1S/C14H20N4OS/c1-3-5-12-14(20-18-17-12)13(16-15)10-6-8-11(9-7-10)19-4-2/h6-9,13,16H,3-5,15H2,1-2H3. The minimum absolute atomic E-state index is 0.0766. The SMILES string of the molecule is CCCc1nnsc1C(NN)c1ccc(OCC)cc1. The summed E-state index contributed by atoms with van der Waals surface area (Å²) in [6.45, 7) is 4.76. The molecule has 0 aliphatic rings. The van der Waals surface area contributed by atoms with Crippen LogP contribution >= 0.6 is 11.5 Å². The Bertz CT molecular complexity index is 526. The summed E-state index contributed by atoms with van der Waals surface area (Å²) in [5.74, 6) is 6.59. The van der Waals surface area contributed by atoms with Gasteiger partial charge in [-0.2, -0.15) is 0 Å². The lowest BCUT2D eigenvalue weighted by molar-refractivity contribution is 0.340. The monoisotopic (exact) mass is 292 g/mol. The third-order valence-electron chi connectivity index (χ3n) is 3.03. The van der Waals surface area contributed by atoms with Crippen LogP contribution in [0.3, 0.4) is 0 Å². The summed E-state index contributed by atoms with van der Waals surface area (Å²) in [5, 5.41) is 4.20. The van der Waals surface area contributed by atoms with Crippen molar-refractivity contribution >= 4 is 11.5 Å². The lowest BCUT2D eigenvalue weighted by atomic mass is 10.0. The van der Waals surface area contributed by atoms with E-state index in [4.69, 9.17) is 10.6 Å². The van der Waals surface area contributed by atoms with Crippen molar-refractivity contribution in [3.8, 4) is 5.75 Å². The third kappa shape index (κ3) is 3.33. The van der Waals surface area contributed by atoms with E-state index in [1.54, 1.807) is 0 Å². The largest absolute Gasteiger partial charge is 0.494 e. The van der Waals surface area contributed by atoms with E-state index in [-0.39, 0.29) is 6.04 Å². The number of nitrogens with zero attached hydrogens (tertiary/aromatic N) is 2. The number of rotatable bonds is 7. The van der Waals surface area contributed by atoms with Crippen LogP contribution in [0.2, 0.25) is 0 Å². The summed E-state index contributed by atoms with van der Waals surface area (Å²) >= 11 is 1.40. The van der Waals surface area contributed by atoms with E-state index in [0.717, 1.165) is 34.7 Å². The van der Waals surface area contributed by atoms with Crippen LogP contribution in [0.5, 0.6) is 5.75 Å². The summed E-state index contributed by atoms with van der Waals surface area (Å²) in [6, 6.07) is 7.87. The molecule has 0 amide bonds. The molecule has 1 heterocycles. The van der Waals surface area contributed by atoms with E-state index in [1.165, 1.54) is 11.5 Å². The van der Waals surface area contributed by atoms with Gasteiger partial charge in [0, 0.05) is 0 Å². The second-order valence-electron chi connectivity index (χ2n) is 4.44. The lowest BCUT2D eigenvalue weighted by Crippen LogP contribution is -2.28. The van der Waals surface area contributed by atoms with Crippen LogP contribution in [0.25, 0.3) is 0 Å². The van der Waals surface area contributed by atoms with Crippen LogP contribution in [0.1, 0.15) is 42.4 Å². The molecule has 1 aromatic heterocycles. The van der Waals surface area contributed by atoms with Crippen LogP contribution in [0, 0.1) is 0 Å². The van der Waals surface area contributed by atoms with Crippen molar-refractivity contribution in [1.29, 1.82) is 0 Å². The molecular formula is C14H20N4OS. The molecule has 0 saturated carbocycles. The van der Waals surface area contributed by atoms with E-state index in [0.29, 0.717) is 6.61 Å². The quantitative estimate of drug-likeness (QED) is 0.606. The molecule has 0 spiro atoms. The fourth-order valence-electron chi connectivity index (χ4n) is 2.09. The van der Waals surface area contributed by atoms with Gasteiger partial charge in [-0.15, -0.1) is 5.10 Å².